The summed E-state index contributed by atoms with van der Waals surface area (Å²) in [6.07, 6.45) is 0. The van der Waals surface area contributed by atoms with Gasteiger partial charge in [-0.2, -0.15) is 0 Å². The lowest BCUT2D eigenvalue weighted by Gasteiger charge is -2.20. The number of hydrogen-bond acceptors (Lipinski definition) is 5. The fourth-order valence-corrected chi connectivity index (χ4v) is 3.23. The molecule has 0 saturated heterocycles. The van der Waals surface area contributed by atoms with Crippen LogP contribution in [-0.2, 0) is 6.54 Å². The second-order valence-electron chi connectivity index (χ2n) is 7.97. The van der Waals surface area contributed by atoms with E-state index >= 15 is 0 Å². The zero-order valence-corrected chi connectivity index (χ0v) is 18.6. The van der Waals surface area contributed by atoms with Gasteiger partial charge in [0.2, 0.25) is 0 Å². The molecule has 5 nitrogen and oxygen atoms in total. The Morgan fingerprint density at radius 1 is 1.07 bits per heavy atom. The number of aromatic nitrogens is 2. The first kappa shape index (κ1) is 20.4. The van der Waals surface area contributed by atoms with Crippen molar-refractivity contribution in [2.75, 3.05) is 19.0 Å². The van der Waals surface area contributed by atoms with Crippen LogP contribution in [0.3, 0.4) is 0 Å². The highest BCUT2D eigenvalue weighted by atomic mass is 79.9. The van der Waals surface area contributed by atoms with Gasteiger partial charge in [0.25, 0.3) is 0 Å². The van der Waals surface area contributed by atoms with E-state index < -0.39 is 0 Å². The summed E-state index contributed by atoms with van der Waals surface area (Å²) in [6.45, 7) is 9.55. The molecule has 0 aliphatic rings. The Balaban J connectivity index is 1.94. The third-order valence-electron chi connectivity index (χ3n) is 4.10. The molecule has 0 unspecified atom stereocenters. The van der Waals surface area contributed by atoms with E-state index in [0.29, 0.717) is 30.5 Å². The van der Waals surface area contributed by atoms with Crippen LogP contribution in [0, 0.1) is 12.3 Å². The van der Waals surface area contributed by atoms with Gasteiger partial charge in [-0.15, -0.1) is 0 Å². The van der Waals surface area contributed by atoms with Gasteiger partial charge in [0.15, 0.2) is 11.5 Å². The molecular weight excluding hydrogens is 418 g/mol. The molecule has 2 aromatic carbocycles. The predicted molar refractivity (Wildman–Crippen MR) is 117 cm³/mol. The Kier molecular flexibility index (Phi) is 6.08. The number of nitrogens with one attached hydrogen (secondary N) is 1. The second kappa shape index (κ2) is 8.35. The number of nitrogens with zero attached hydrogens (tertiary/aromatic N) is 2. The van der Waals surface area contributed by atoms with E-state index in [0.717, 1.165) is 26.8 Å². The van der Waals surface area contributed by atoms with E-state index in [1.54, 1.807) is 7.11 Å². The summed E-state index contributed by atoms with van der Waals surface area (Å²) in [5, 5.41) is 4.33. The molecule has 28 heavy (non-hydrogen) atoms. The van der Waals surface area contributed by atoms with Gasteiger partial charge in [0, 0.05) is 22.5 Å². The second-order valence-corrected chi connectivity index (χ2v) is 8.89. The molecule has 0 aliphatic carbocycles. The molecule has 0 fully saturated rings. The van der Waals surface area contributed by atoms with Crippen LogP contribution in [0.2, 0.25) is 0 Å². The largest absolute Gasteiger partial charge is 0.493 e. The maximum Gasteiger partial charge on any atom is 0.163 e. The molecule has 6 heteroatoms. The van der Waals surface area contributed by atoms with Crippen molar-refractivity contribution in [2.45, 2.75) is 34.2 Å². The van der Waals surface area contributed by atoms with E-state index in [4.69, 9.17) is 9.47 Å². The Labute approximate surface area is 174 Å². The average Bonchev–Trinajstić information content (AvgIpc) is 2.63. The summed E-state index contributed by atoms with van der Waals surface area (Å²) in [5.74, 6) is 2.86. The third kappa shape index (κ3) is 5.13. The SMILES string of the molecule is COc1cc2c(NCc3cccc(Br)c3)nc(C)nc2cc1OCC(C)(C)C. The standard InChI is InChI=1S/C22H26BrN3O2/c1-14-25-18-11-20(28-13-22(2,3)4)19(27-5)10-17(18)21(26-14)24-12-15-7-6-8-16(23)9-15/h6-11H,12-13H2,1-5H3,(H,24,25,26). The summed E-state index contributed by atoms with van der Waals surface area (Å²) in [7, 11) is 1.65. The zero-order valence-electron chi connectivity index (χ0n) is 17.0. The van der Waals surface area contributed by atoms with E-state index in [-0.39, 0.29) is 5.41 Å². The monoisotopic (exact) mass is 443 g/mol. The lowest BCUT2D eigenvalue weighted by atomic mass is 9.99. The number of fused-ring (bicyclic) bond motifs is 1. The fourth-order valence-electron chi connectivity index (χ4n) is 2.79. The molecule has 3 aromatic rings. The van der Waals surface area contributed by atoms with Crippen LogP contribution < -0.4 is 14.8 Å². The van der Waals surface area contributed by atoms with Crippen LogP contribution in [0.25, 0.3) is 10.9 Å². The minimum atomic E-state index is 0.0538. The number of rotatable bonds is 6. The summed E-state index contributed by atoms with van der Waals surface area (Å²) >= 11 is 3.51. The molecule has 1 aromatic heterocycles. The van der Waals surface area contributed by atoms with Crippen molar-refractivity contribution in [1.82, 2.24) is 9.97 Å². The van der Waals surface area contributed by atoms with Crippen molar-refractivity contribution in [3.8, 4) is 11.5 Å². The molecule has 1 heterocycles. The third-order valence-corrected chi connectivity index (χ3v) is 4.60. The maximum absolute atomic E-state index is 6.01. The number of hydrogen-bond donors (Lipinski definition) is 1. The van der Waals surface area contributed by atoms with Gasteiger partial charge < -0.3 is 14.8 Å². The zero-order chi connectivity index (χ0) is 20.3. The number of methoxy groups -OCH3 is 1. The molecule has 0 atom stereocenters. The van der Waals surface area contributed by atoms with Crippen LogP contribution in [0.5, 0.6) is 11.5 Å². The van der Waals surface area contributed by atoms with Gasteiger partial charge in [-0.3, -0.25) is 0 Å². The Morgan fingerprint density at radius 3 is 2.54 bits per heavy atom. The van der Waals surface area contributed by atoms with Crippen LogP contribution in [-0.4, -0.2) is 23.7 Å². The van der Waals surface area contributed by atoms with Gasteiger partial charge in [0.1, 0.15) is 11.6 Å². The van der Waals surface area contributed by atoms with Crippen molar-refractivity contribution < 1.29 is 9.47 Å². The Hall–Kier alpha value is -2.34. The number of benzene rings is 2. The van der Waals surface area contributed by atoms with Crippen molar-refractivity contribution in [1.29, 1.82) is 0 Å². The highest BCUT2D eigenvalue weighted by Gasteiger charge is 2.16. The van der Waals surface area contributed by atoms with Crippen molar-refractivity contribution in [2.24, 2.45) is 5.41 Å². The lowest BCUT2D eigenvalue weighted by Crippen LogP contribution is -2.17. The molecule has 1 N–H and O–H groups in total. The van der Waals surface area contributed by atoms with Crippen LogP contribution >= 0.6 is 15.9 Å². The van der Waals surface area contributed by atoms with Gasteiger partial charge in [0.05, 0.1) is 19.2 Å². The molecule has 0 bridgehead atoms. The number of anilines is 1. The van der Waals surface area contributed by atoms with Gasteiger partial charge >= 0.3 is 0 Å². The number of halogens is 1. The summed E-state index contributed by atoms with van der Waals surface area (Å²) in [6, 6.07) is 12.1. The first-order chi connectivity index (χ1) is 13.2. The van der Waals surface area contributed by atoms with Crippen molar-refractivity contribution in [3.05, 3.63) is 52.3 Å². The number of aryl methyl sites for hydroxylation is 1. The van der Waals surface area contributed by atoms with E-state index in [1.165, 1.54) is 0 Å². The highest BCUT2D eigenvalue weighted by Crippen LogP contribution is 2.35. The molecule has 0 aliphatic heterocycles. The summed E-state index contributed by atoms with van der Waals surface area (Å²) in [4.78, 5) is 9.19. The molecule has 3 rings (SSSR count). The maximum atomic E-state index is 6.01. The summed E-state index contributed by atoms with van der Waals surface area (Å²) in [5.41, 5.74) is 2.04. The lowest BCUT2D eigenvalue weighted by molar-refractivity contribution is 0.191. The summed E-state index contributed by atoms with van der Waals surface area (Å²) < 4.78 is 12.6. The highest BCUT2D eigenvalue weighted by molar-refractivity contribution is 9.10. The predicted octanol–water partition coefficient (Wildman–Crippen LogP) is 5.75. The van der Waals surface area contributed by atoms with Gasteiger partial charge in [-0.25, -0.2) is 9.97 Å². The van der Waals surface area contributed by atoms with Crippen LogP contribution in [0.4, 0.5) is 5.82 Å². The topological polar surface area (TPSA) is 56.3 Å². The molecule has 0 amide bonds. The van der Waals surface area contributed by atoms with Crippen molar-refractivity contribution >= 4 is 32.7 Å². The minimum absolute atomic E-state index is 0.0538. The minimum Gasteiger partial charge on any atom is -0.493 e. The first-order valence-corrected chi connectivity index (χ1v) is 10.0. The Bertz CT molecular complexity index is 983. The quantitative estimate of drug-likeness (QED) is 0.525. The average molecular weight is 444 g/mol. The van der Waals surface area contributed by atoms with E-state index in [9.17, 15) is 0 Å². The molecule has 0 spiro atoms. The first-order valence-electron chi connectivity index (χ1n) is 9.23. The van der Waals surface area contributed by atoms with Gasteiger partial charge in [-0.05, 0) is 36.1 Å². The van der Waals surface area contributed by atoms with Crippen LogP contribution in [0.1, 0.15) is 32.2 Å². The normalized spacial score (nSPS) is 11.5. The van der Waals surface area contributed by atoms with Gasteiger partial charge in [-0.1, -0.05) is 48.8 Å². The molecule has 148 valence electrons. The molecule has 0 radical (unpaired) electrons. The molecular formula is C22H26BrN3O2. The number of ether oxygens (including phenoxy) is 2. The van der Waals surface area contributed by atoms with Crippen LogP contribution in [0.15, 0.2) is 40.9 Å². The van der Waals surface area contributed by atoms with Crippen molar-refractivity contribution in [3.63, 3.8) is 0 Å². The Morgan fingerprint density at radius 2 is 1.86 bits per heavy atom. The van der Waals surface area contributed by atoms with E-state index in [2.05, 4.69) is 64.1 Å². The fraction of sp³-hybridized carbons (Fsp3) is 0.364. The molecule has 0 saturated carbocycles. The van der Waals surface area contributed by atoms with E-state index in [1.807, 2.05) is 31.2 Å². The smallest absolute Gasteiger partial charge is 0.163 e.